The summed E-state index contributed by atoms with van der Waals surface area (Å²) in [5.41, 5.74) is 8.48. The van der Waals surface area contributed by atoms with Crippen molar-refractivity contribution in [2.24, 2.45) is 5.11 Å². The Kier molecular flexibility index (Phi) is 5.10. The number of hydrogen-bond acceptors (Lipinski definition) is 2. The lowest BCUT2D eigenvalue weighted by atomic mass is 10.2. The molecule has 15 heavy (non-hydrogen) atoms. The summed E-state index contributed by atoms with van der Waals surface area (Å²) in [6.07, 6.45) is 0. The van der Waals surface area contributed by atoms with Crippen LogP contribution in [0.25, 0.3) is 10.4 Å². The van der Waals surface area contributed by atoms with Crippen LogP contribution < -0.4 is 0 Å². The monoisotopic (exact) mass is 272 g/mol. The van der Waals surface area contributed by atoms with Gasteiger partial charge in [0.25, 0.3) is 0 Å². The Morgan fingerprint density at radius 1 is 1.53 bits per heavy atom. The van der Waals surface area contributed by atoms with Crippen LogP contribution >= 0.6 is 15.9 Å². The predicted molar refractivity (Wildman–Crippen MR) is 57.8 cm³/mol. The number of azide groups is 1. The van der Waals surface area contributed by atoms with E-state index in [1.807, 2.05) is 0 Å². The summed E-state index contributed by atoms with van der Waals surface area (Å²) in [5.74, 6) is -0.304. The van der Waals surface area contributed by atoms with E-state index in [1.54, 1.807) is 12.1 Å². The van der Waals surface area contributed by atoms with Crippen LogP contribution in [0.2, 0.25) is 0 Å². The molecule has 1 aromatic carbocycles. The Balaban J connectivity index is 2.43. The summed E-state index contributed by atoms with van der Waals surface area (Å²) in [6.45, 7) is 0.717. The first-order valence-corrected chi connectivity index (χ1v) is 5.06. The van der Waals surface area contributed by atoms with E-state index in [2.05, 4.69) is 26.0 Å². The molecule has 6 heteroatoms. The van der Waals surface area contributed by atoms with Gasteiger partial charge < -0.3 is 4.74 Å². The zero-order valence-electron chi connectivity index (χ0n) is 7.86. The quantitative estimate of drug-likeness (QED) is 0.351. The van der Waals surface area contributed by atoms with Gasteiger partial charge in [0.15, 0.2) is 0 Å². The summed E-state index contributed by atoms with van der Waals surface area (Å²) < 4.78 is 19.1. The molecule has 0 aromatic heterocycles. The summed E-state index contributed by atoms with van der Waals surface area (Å²) >= 11 is 3.24. The number of ether oxygens (including phenoxy) is 1. The lowest BCUT2D eigenvalue weighted by molar-refractivity contribution is 0.125. The van der Waals surface area contributed by atoms with Gasteiger partial charge in [-0.15, -0.1) is 0 Å². The maximum Gasteiger partial charge on any atom is 0.128 e. The molecule has 0 radical (unpaired) electrons. The second kappa shape index (κ2) is 6.40. The number of benzene rings is 1. The lowest BCUT2D eigenvalue weighted by Gasteiger charge is -2.04. The van der Waals surface area contributed by atoms with Crippen molar-refractivity contribution in [1.82, 2.24) is 0 Å². The maximum absolute atomic E-state index is 13.2. The van der Waals surface area contributed by atoms with Gasteiger partial charge in [-0.05, 0) is 23.7 Å². The molecular weight excluding hydrogens is 264 g/mol. The van der Waals surface area contributed by atoms with Crippen LogP contribution in [0.4, 0.5) is 4.39 Å². The first-order valence-electron chi connectivity index (χ1n) is 4.26. The van der Waals surface area contributed by atoms with Crippen molar-refractivity contribution in [3.05, 3.63) is 44.5 Å². The molecule has 1 aromatic rings. The number of halogens is 2. The highest BCUT2D eigenvalue weighted by Crippen LogP contribution is 2.16. The highest BCUT2D eigenvalue weighted by molar-refractivity contribution is 9.10. The van der Waals surface area contributed by atoms with Crippen LogP contribution in [0.1, 0.15) is 5.56 Å². The van der Waals surface area contributed by atoms with Crippen LogP contribution in [0.15, 0.2) is 27.8 Å². The standard InChI is InChI=1S/C9H9BrFN3O/c10-8-1-2-9(11)7(5-8)6-15-4-3-13-14-12/h1-2,5H,3-4,6H2/i11-1. The highest BCUT2D eigenvalue weighted by atomic mass is 79.9. The van der Waals surface area contributed by atoms with Crippen molar-refractivity contribution in [2.45, 2.75) is 6.61 Å². The van der Waals surface area contributed by atoms with Crippen molar-refractivity contribution in [2.75, 3.05) is 13.2 Å². The molecule has 0 aliphatic rings. The number of hydrogen-bond donors (Lipinski definition) is 0. The topological polar surface area (TPSA) is 58.0 Å². The zero-order valence-corrected chi connectivity index (χ0v) is 9.45. The van der Waals surface area contributed by atoms with Gasteiger partial charge in [-0.25, -0.2) is 4.39 Å². The Morgan fingerprint density at radius 2 is 2.33 bits per heavy atom. The molecule has 0 amide bonds. The summed E-state index contributed by atoms with van der Waals surface area (Å²) in [5, 5.41) is 3.30. The second-order valence-electron chi connectivity index (χ2n) is 2.74. The van der Waals surface area contributed by atoms with Gasteiger partial charge in [0.2, 0.25) is 0 Å². The summed E-state index contributed by atoms with van der Waals surface area (Å²) in [6, 6.07) is 4.65. The average molecular weight is 273 g/mol. The molecule has 0 bridgehead atoms. The first kappa shape index (κ1) is 12.0. The summed E-state index contributed by atoms with van der Waals surface area (Å²) in [4.78, 5) is 2.58. The van der Waals surface area contributed by atoms with Gasteiger partial charge in [-0.2, -0.15) is 0 Å². The molecule has 0 atom stereocenters. The molecule has 1 rings (SSSR count). The van der Waals surface area contributed by atoms with Crippen LogP contribution in [0, 0.1) is 5.82 Å². The van der Waals surface area contributed by atoms with Gasteiger partial charge in [0.1, 0.15) is 5.82 Å². The van der Waals surface area contributed by atoms with Gasteiger partial charge in [-0.3, -0.25) is 0 Å². The van der Waals surface area contributed by atoms with Gasteiger partial charge in [0, 0.05) is 21.5 Å². The third-order valence-corrected chi connectivity index (χ3v) is 2.16. The van der Waals surface area contributed by atoms with E-state index >= 15 is 0 Å². The Labute approximate surface area is 94.8 Å². The Hall–Kier alpha value is -1.10. The van der Waals surface area contributed by atoms with E-state index in [0.717, 1.165) is 4.47 Å². The van der Waals surface area contributed by atoms with Crippen molar-refractivity contribution in [3.8, 4) is 0 Å². The third-order valence-electron chi connectivity index (χ3n) is 1.66. The van der Waals surface area contributed by atoms with E-state index < -0.39 is 0 Å². The normalized spacial score (nSPS) is 9.73. The molecule has 0 aliphatic heterocycles. The van der Waals surface area contributed by atoms with Crippen molar-refractivity contribution < 1.29 is 9.13 Å². The fourth-order valence-corrected chi connectivity index (χ4v) is 1.39. The van der Waals surface area contributed by atoms with E-state index in [9.17, 15) is 4.39 Å². The minimum atomic E-state index is -0.304. The Bertz CT molecular complexity index is 380. The van der Waals surface area contributed by atoms with Gasteiger partial charge in [-0.1, -0.05) is 21.0 Å². The molecule has 0 saturated heterocycles. The third kappa shape index (κ3) is 4.29. The zero-order chi connectivity index (χ0) is 11.1. The minimum Gasteiger partial charge on any atom is -0.377 e. The van der Waals surface area contributed by atoms with E-state index in [0.29, 0.717) is 5.56 Å². The van der Waals surface area contributed by atoms with Gasteiger partial charge >= 0.3 is 0 Å². The molecule has 0 saturated carbocycles. The molecule has 80 valence electrons. The largest absolute Gasteiger partial charge is 0.377 e. The van der Waals surface area contributed by atoms with Crippen molar-refractivity contribution in [1.29, 1.82) is 0 Å². The highest BCUT2D eigenvalue weighted by Gasteiger charge is 2.02. The lowest BCUT2D eigenvalue weighted by Crippen LogP contribution is -2.00. The van der Waals surface area contributed by atoms with Crippen LogP contribution in [-0.2, 0) is 11.3 Å². The van der Waals surface area contributed by atoms with E-state index in [-0.39, 0.29) is 25.6 Å². The van der Waals surface area contributed by atoms with Crippen LogP contribution in [0.5, 0.6) is 0 Å². The molecule has 0 fully saturated rings. The van der Waals surface area contributed by atoms with E-state index in [1.165, 1.54) is 6.07 Å². The SMILES string of the molecule is [N-]=[N+]=NCCOCc1cc(Br)ccc1[18F]. The number of nitrogens with zero attached hydrogens (tertiary/aromatic N) is 3. The minimum absolute atomic E-state index is 0.173. The molecule has 0 aliphatic carbocycles. The molecule has 0 N–H and O–H groups in total. The van der Waals surface area contributed by atoms with Crippen molar-refractivity contribution >= 4 is 15.9 Å². The van der Waals surface area contributed by atoms with Crippen LogP contribution in [0.3, 0.4) is 0 Å². The molecule has 4 nitrogen and oxygen atoms in total. The predicted octanol–water partition coefficient (Wildman–Crippen LogP) is 3.42. The molecule has 0 heterocycles. The van der Waals surface area contributed by atoms with Crippen molar-refractivity contribution in [3.63, 3.8) is 0 Å². The smallest absolute Gasteiger partial charge is 0.128 e. The second-order valence-corrected chi connectivity index (χ2v) is 3.66. The molecular formula is C9H9BrFN3O. The molecule has 0 spiro atoms. The number of rotatable bonds is 5. The Morgan fingerprint density at radius 3 is 3.07 bits per heavy atom. The van der Waals surface area contributed by atoms with Gasteiger partial charge in [0.05, 0.1) is 13.2 Å². The fourth-order valence-electron chi connectivity index (χ4n) is 0.986. The maximum atomic E-state index is 13.2. The average Bonchev–Trinajstić information content (AvgIpc) is 2.23. The first-order chi connectivity index (χ1) is 7.24. The van der Waals surface area contributed by atoms with Crippen LogP contribution in [-0.4, -0.2) is 13.2 Å². The summed E-state index contributed by atoms with van der Waals surface area (Å²) in [7, 11) is 0. The van der Waals surface area contributed by atoms with E-state index in [4.69, 9.17) is 10.3 Å². The molecule has 0 unspecified atom stereocenters. The fraction of sp³-hybridized carbons (Fsp3) is 0.333.